The van der Waals surface area contributed by atoms with Crippen molar-refractivity contribution >= 4 is 5.91 Å². The second-order valence-electron chi connectivity index (χ2n) is 5.77. The van der Waals surface area contributed by atoms with Crippen molar-refractivity contribution in [3.05, 3.63) is 0 Å². The van der Waals surface area contributed by atoms with Crippen molar-refractivity contribution in [2.75, 3.05) is 32.8 Å². The molecule has 2 rings (SSSR count). The SMILES string of the molecule is O=C(CCOC1CCNCC1)N1CCC(C(F)(F)F)CC1. The van der Waals surface area contributed by atoms with Crippen LogP contribution in [-0.2, 0) is 9.53 Å². The van der Waals surface area contributed by atoms with Crippen LogP contribution in [0.1, 0.15) is 32.1 Å². The van der Waals surface area contributed by atoms with Gasteiger partial charge in [-0.3, -0.25) is 4.79 Å². The van der Waals surface area contributed by atoms with E-state index < -0.39 is 12.1 Å². The lowest BCUT2D eigenvalue weighted by molar-refractivity contribution is -0.186. The first kappa shape index (κ1) is 16.5. The van der Waals surface area contributed by atoms with E-state index in [9.17, 15) is 18.0 Å². The van der Waals surface area contributed by atoms with Crippen LogP contribution in [0.3, 0.4) is 0 Å². The number of likely N-dealkylation sites (tertiary alicyclic amines) is 1. The van der Waals surface area contributed by atoms with Gasteiger partial charge in [0.1, 0.15) is 0 Å². The van der Waals surface area contributed by atoms with Crippen LogP contribution in [0, 0.1) is 5.92 Å². The summed E-state index contributed by atoms with van der Waals surface area (Å²) in [6.45, 7) is 2.64. The Kier molecular flexibility index (Phi) is 5.87. The summed E-state index contributed by atoms with van der Waals surface area (Å²) in [4.78, 5) is 13.5. The highest BCUT2D eigenvalue weighted by Crippen LogP contribution is 2.34. The summed E-state index contributed by atoms with van der Waals surface area (Å²) in [5.41, 5.74) is 0. The predicted octanol–water partition coefficient (Wildman–Crippen LogP) is 1.95. The van der Waals surface area contributed by atoms with Crippen LogP contribution in [0.2, 0.25) is 0 Å². The lowest BCUT2D eigenvalue weighted by Crippen LogP contribution is -2.42. The molecule has 2 fully saturated rings. The third-order valence-electron chi connectivity index (χ3n) is 4.27. The van der Waals surface area contributed by atoms with Gasteiger partial charge >= 0.3 is 6.18 Å². The number of nitrogens with one attached hydrogen (secondary N) is 1. The predicted molar refractivity (Wildman–Crippen MR) is 71.8 cm³/mol. The topological polar surface area (TPSA) is 41.6 Å². The molecule has 7 heteroatoms. The summed E-state index contributed by atoms with van der Waals surface area (Å²) in [6, 6.07) is 0. The number of hydrogen-bond donors (Lipinski definition) is 1. The largest absolute Gasteiger partial charge is 0.391 e. The molecule has 21 heavy (non-hydrogen) atoms. The Hall–Kier alpha value is -0.820. The van der Waals surface area contributed by atoms with E-state index in [2.05, 4.69) is 5.32 Å². The Labute approximate surface area is 123 Å². The van der Waals surface area contributed by atoms with Gasteiger partial charge in [0.2, 0.25) is 5.91 Å². The van der Waals surface area contributed by atoms with Gasteiger partial charge in [-0.15, -0.1) is 0 Å². The maximum Gasteiger partial charge on any atom is 0.391 e. The molecule has 0 saturated carbocycles. The molecular weight excluding hydrogens is 285 g/mol. The fourth-order valence-corrected chi connectivity index (χ4v) is 2.89. The molecule has 122 valence electrons. The number of piperidine rings is 2. The molecule has 0 atom stereocenters. The van der Waals surface area contributed by atoms with Crippen LogP contribution in [0.15, 0.2) is 0 Å². The maximum absolute atomic E-state index is 12.5. The van der Waals surface area contributed by atoms with Crippen LogP contribution in [-0.4, -0.2) is 55.9 Å². The molecule has 1 N–H and O–H groups in total. The highest BCUT2D eigenvalue weighted by molar-refractivity contribution is 5.76. The first-order valence-electron chi connectivity index (χ1n) is 7.63. The first-order chi connectivity index (χ1) is 9.97. The van der Waals surface area contributed by atoms with Gasteiger partial charge in [0.05, 0.1) is 25.0 Å². The van der Waals surface area contributed by atoms with Gasteiger partial charge in [-0.05, 0) is 38.8 Å². The average molecular weight is 308 g/mol. The van der Waals surface area contributed by atoms with Gasteiger partial charge in [0.15, 0.2) is 0 Å². The van der Waals surface area contributed by atoms with E-state index >= 15 is 0 Å². The number of amides is 1. The lowest BCUT2D eigenvalue weighted by atomic mass is 9.96. The Morgan fingerprint density at radius 1 is 1.14 bits per heavy atom. The summed E-state index contributed by atoms with van der Waals surface area (Å²) >= 11 is 0. The van der Waals surface area contributed by atoms with Crippen LogP contribution < -0.4 is 5.32 Å². The molecule has 2 saturated heterocycles. The second-order valence-corrected chi connectivity index (χ2v) is 5.77. The monoisotopic (exact) mass is 308 g/mol. The molecule has 1 amide bonds. The minimum Gasteiger partial charge on any atom is -0.378 e. The molecule has 0 unspecified atom stereocenters. The first-order valence-corrected chi connectivity index (χ1v) is 7.63. The number of alkyl halides is 3. The standard InChI is InChI=1S/C14H23F3N2O2/c15-14(16,17)11-3-8-19(9-4-11)13(20)5-10-21-12-1-6-18-7-2-12/h11-12,18H,1-10H2. The summed E-state index contributed by atoms with van der Waals surface area (Å²) in [5.74, 6) is -1.35. The Morgan fingerprint density at radius 2 is 1.76 bits per heavy atom. The maximum atomic E-state index is 12.5. The number of halogens is 3. The highest BCUT2D eigenvalue weighted by Gasteiger charge is 2.41. The molecule has 0 aromatic heterocycles. The van der Waals surface area contributed by atoms with Gasteiger partial charge < -0.3 is 15.0 Å². The molecule has 0 aliphatic carbocycles. The number of ether oxygens (including phenoxy) is 1. The molecule has 0 radical (unpaired) electrons. The smallest absolute Gasteiger partial charge is 0.378 e. The van der Waals surface area contributed by atoms with Crippen molar-refractivity contribution in [3.63, 3.8) is 0 Å². The van der Waals surface area contributed by atoms with E-state index in [-0.39, 0.29) is 44.4 Å². The molecule has 2 aliphatic heterocycles. The van der Waals surface area contributed by atoms with Gasteiger partial charge in [0, 0.05) is 13.1 Å². The highest BCUT2D eigenvalue weighted by atomic mass is 19.4. The van der Waals surface area contributed by atoms with Gasteiger partial charge in [-0.25, -0.2) is 0 Å². The summed E-state index contributed by atoms with van der Waals surface area (Å²) in [6.07, 6.45) is -1.73. The summed E-state index contributed by atoms with van der Waals surface area (Å²) in [7, 11) is 0. The van der Waals surface area contributed by atoms with Crippen LogP contribution in [0.5, 0.6) is 0 Å². The quantitative estimate of drug-likeness (QED) is 0.863. The van der Waals surface area contributed by atoms with Gasteiger partial charge in [-0.2, -0.15) is 13.2 Å². The van der Waals surface area contributed by atoms with Crippen LogP contribution in [0.25, 0.3) is 0 Å². The molecule has 0 aromatic carbocycles. The van der Waals surface area contributed by atoms with Gasteiger partial charge in [-0.1, -0.05) is 0 Å². The van der Waals surface area contributed by atoms with Gasteiger partial charge in [0.25, 0.3) is 0 Å². The number of carbonyl (C=O) groups is 1. The van der Waals surface area contributed by atoms with E-state index in [0.29, 0.717) is 6.61 Å². The molecule has 0 bridgehead atoms. The molecule has 0 aromatic rings. The fourth-order valence-electron chi connectivity index (χ4n) is 2.89. The van der Waals surface area contributed by atoms with Crippen molar-refractivity contribution in [3.8, 4) is 0 Å². The normalized spacial score (nSPS) is 22.5. The third-order valence-corrected chi connectivity index (χ3v) is 4.27. The Morgan fingerprint density at radius 3 is 2.33 bits per heavy atom. The molecule has 4 nitrogen and oxygen atoms in total. The lowest BCUT2D eigenvalue weighted by Gasteiger charge is -2.33. The minimum atomic E-state index is -4.13. The third kappa shape index (κ3) is 5.14. The van der Waals surface area contributed by atoms with Crippen LogP contribution >= 0.6 is 0 Å². The average Bonchev–Trinajstić information content (AvgIpc) is 2.47. The molecular formula is C14H23F3N2O2. The number of nitrogens with zero attached hydrogens (tertiary/aromatic N) is 1. The zero-order valence-corrected chi connectivity index (χ0v) is 12.1. The molecule has 0 spiro atoms. The van der Waals surface area contributed by atoms with Crippen molar-refractivity contribution in [2.45, 2.75) is 44.4 Å². The van der Waals surface area contributed by atoms with E-state index in [0.717, 1.165) is 25.9 Å². The number of hydrogen-bond acceptors (Lipinski definition) is 3. The van der Waals surface area contributed by atoms with E-state index in [1.807, 2.05) is 0 Å². The van der Waals surface area contributed by atoms with Crippen molar-refractivity contribution in [1.82, 2.24) is 10.2 Å². The second kappa shape index (κ2) is 7.45. The van der Waals surface area contributed by atoms with Crippen LogP contribution in [0.4, 0.5) is 13.2 Å². The number of rotatable bonds is 4. The minimum absolute atomic E-state index is 0.0182. The summed E-state index contributed by atoms with van der Waals surface area (Å²) < 4.78 is 43.3. The zero-order chi connectivity index (χ0) is 15.3. The van der Waals surface area contributed by atoms with E-state index in [1.165, 1.54) is 4.90 Å². The number of carbonyl (C=O) groups excluding carboxylic acids is 1. The van der Waals surface area contributed by atoms with Crippen molar-refractivity contribution in [1.29, 1.82) is 0 Å². The van der Waals surface area contributed by atoms with Crippen molar-refractivity contribution < 1.29 is 22.7 Å². The Balaban J connectivity index is 1.63. The summed E-state index contributed by atoms with van der Waals surface area (Å²) in [5, 5.41) is 3.23. The van der Waals surface area contributed by atoms with Crippen molar-refractivity contribution in [2.24, 2.45) is 5.92 Å². The Bertz CT molecular complexity index is 336. The zero-order valence-electron chi connectivity index (χ0n) is 12.1. The van der Waals surface area contributed by atoms with E-state index in [1.54, 1.807) is 0 Å². The fraction of sp³-hybridized carbons (Fsp3) is 0.929. The molecule has 2 aliphatic rings. The molecule has 2 heterocycles. The van der Waals surface area contributed by atoms with E-state index in [4.69, 9.17) is 4.74 Å².